The fourth-order valence-electron chi connectivity index (χ4n) is 4.47. The van der Waals surface area contributed by atoms with Crippen molar-refractivity contribution in [1.82, 2.24) is 19.6 Å². The van der Waals surface area contributed by atoms with E-state index in [0.717, 1.165) is 45.7 Å². The maximum absolute atomic E-state index is 12.6. The van der Waals surface area contributed by atoms with Crippen LogP contribution in [-0.4, -0.2) is 51.7 Å². The lowest BCUT2D eigenvalue weighted by molar-refractivity contribution is -0.132. The molecule has 0 saturated carbocycles. The lowest BCUT2D eigenvalue weighted by atomic mass is 9.79. The lowest BCUT2D eigenvalue weighted by Crippen LogP contribution is -2.45. The topological polar surface area (TPSA) is 41.4 Å². The van der Waals surface area contributed by atoms with E-state index >= 15 is 0 Å². The summed E-state index contributed by atoms with van der Waals surface area (Å²) in [4.78, 5) is 17.3. The average molecular weight is 359 g/mol. The summed E-state index contributed by atoms with van der Waals surface area (Å²) < 4.78 is 1.94. The van der Waals surface area contributed by atoms with Gasteiger partial charge in [0.05, 0.1) is 12.7 Å². The molecule has 0 aliphatic carbocycles. The first-order valence-corrected chi connectivity index (χ1v) is 9.91. The molecule has 5 heteroatoms. The van der Waals surface area contributed by atoms with Crippen molar-refractivity contribution < 1.29 is 4.79 Å². The molecular formula is C21H34N4O. The zero-order valence-electron chi connectivity index (χ0n) is 16.7. The highest BCUT2D eigenvalue weighted by molar-refractivity contribution is 5.77. The van der Waals surface area contributed by atoms with Gasteiger partial charge in [0.15, 0.2) is 0 Å². The van der Waals surface area contributed by atoms with Crippen molar-refractivity contribution in [2.75, 3.05) is 26.2 Å². The maximum atomic E-state index is 12.6. The maximum Gasteiger partial charge on any atom is 0.223 e. The number of carbonyl (C=O) groups is 1. The van der Waals surface area contributed by atoms with Crippen LogP contribution in [0.5, 0.6) is 0 Å². The van der Waals surface area contributed by atoms with E-state index in [9.17, 15) is 4.79 Å². The molecule has 1 amide bonds. The molecular weight excluding hydrogens is 324 g/mol. The highest BCUT2D eigenvalue weighted by atomic mass is 16.2. The molecule has 0 radical (unpaired) electrons. The van der Waals surface area contributed by atoms with Gasteiger partial charge in [-0.2, -0.15) is 5.10 Å². The van der Waals surface area contributed by atoms with Gasteiger partial charge in [0, 0.05) is 49.8 Å². The van der Waals surface area contributed by atoms with Crippen LogP contribution in [0.2, 0.25) is 0 Å². The zero-order chi connectivity index (χ0) is 18.8. The van der Waals surface area contributed by atoms with Crippen LogP contribution in [-0.2, 0) is 17.9 Å². The Morgan fingerprint density at radius 3 is 2.85 bits per heavy atom. The Kier molecular flexibility index (Phi) is 5.56. The van der Waals surface area contributed by atoms with Gasteiger partial charge in [0.25, 0.3) is 0 Å². The summed E-state index contributed by atoms with van der Waals surface area (Å²) in [5, 5.41) is 4.40. The minimum Gasteiger partial charge on any atom is -0.342 e. The summed E-state index contributed by atoms with van der Waals surface area (Å²) in [7, 11) is 0. The van der Waals surface area contributed by atoms with Crippen LogP contribution >= 0.6 is 0 Å². The molecule has 3 rings (SSSR count). The number of amides is 1. The second kappa shape index (κ2) is 7.55. The van der Waals surface area contributed by atoms with E-state index in [0.29, 0.717) is 17.7 Å². The third kappa shape index (κ3) is 4.76. The SMILES string of the molecule is C=CCn1cc(CN2CCC[C@@]3(CCN(C(=O)CC(C)(C)C)C3)C2)cn1. The van der Waals surface area contributed by atoms with Crippen LogP contribution in [0.25, 0.3) is 0 Å². The lowest BCUT2D eigenvalue weighted by Gasteiger charge is -2.40. The van der Waals surface area contributed by atoms with E-state index in [1.165, 1.54) is 18.4 Å². The van der Waals surface area contributed by atoms with Crippen molar-refractivity contribution in [1.29, 1.82) is 0 Å². The van der Waals surface area contributed by atoms with Crippen LogP contribution in [0.15, 0.2) is 25.0 Å². The molecule has 0 unspecified atom stereocenters. The van der Waals surface area contributed by atoms with E-state index < -0.39 is 0 Å². The number of nitrogens with zero attached hydrogens (tertiary/aromatic N) is 4. The second-order valence-electron chi connectivity index (χ2n) is 9.48. The smallest absolute Gasteiger partial charge is 0.223 e. The van der Waals surface area contributed by atoms with Crippen molar-refractivity contribution in [3.05, 3.63) is 30.6 Å². The summed E-state index contributed by atoms with van der Waals surface area (Å²) in [6.07, 6.45) is 10.2. The monoisotopic (exact) mass is 358 g/mol. The van der Waals surface area contributed by atoms with Crippen molar-refractivity contribution >= 4 is 5.91 Å². The standard InChI is InChI=1S/C21H34N4O/c1-5-9-25-15-18(13-22-25)14-23-10-6-7-21(16-23)8-11-24(17-21)19(26)12-20(2,3)4/h5,13,15H,1,6-12,14,16-17H2,2-4H3/t21-/m1/s1. The van der Waals surface area contributed by atoms with Gasteiger partial charge >= 0.3 is 0 Å². The van der Waals surface area contributed by atoms with Gasteiger partial charge in [-0.3, -0.25) is 14.4 Å². The van der Waals surface area contributed by atoms with Gasteiger partial charge in [-0.05, 0) is 31.2 Å². The Labute approximate surface area is 158 Å². The molecule has 1 spiro atoms. The molecule has 3 heterocycles. The number of rotatable bonds is 5. The van der Waals surface area contributed by atoms with Crippen molar-refractivity contribution in [2.45, 2.75) is 59.5 Å². The normalized spacial score (nSPS) is 24.3. The molecule has 0 bridgehead atoms. The molecule has 144 valence electrons. The van der Waals surface area contributed by atoms with E-state index in [1.807, 2.05) is 17.0 Å². The van der Waals surface area contributed by atoms with Crippen LogP contribution in [0.3, 0.4) is 0 Å². The molecule has 0 N–H and O–H groups in total. The first-order valence-electron chi connectivity index (χ1n) is 9.91. The van der Waals surface area contributed by atoms with E-state index in [-0.39, 0.29) is 5.41 Å². The third-order valence-electron chi connectivity index (χ3n) is 5.62. The summed E-state index contributed by atoms with van der Waals surface area (Å²) in [5.74, 6) is 0.331. The molecule has 1 aromatic rings. The van der Waals surface area contributed by atoms with Gasteiger partial charge in [0.1, 0.15) is 0 Å². The Morgan fingerprint density at radius 1 is 1.31 bits per heavy atom. The quantitative estimate of drug-likeness (QED) is 0.758. The highest BCUT2D eigenvalue weighted by Gasteiger charge is 2.43. The number of likely N-dealkylation sites (tertiary alicyclic amines) is 2. The zero-order valence-corrected chi connectivity index (χ0v) is 16.7. The summed E-state index contributed by atoms with van der Waals surface area (Å²) >= 11 is 0. The number of aromatic nitrogens is 2. The predicted octanol–water partition coefficient (Wildman–Crippen LogP) is 3.32. The number of allylic oxidation sites excluding steroid dienone is 1. The largest absolute Gasteiger partial charge is 0.342 e. The first-order chi connectivity index (χ1) is 12.3. The molecule has 2 fully saturated rings. The van der Waals surface area contributed by atoms with Gasteiger partial charge in [0.2, 0.25) is 5.91 Å². The Balaban J connectivity index is 1.57. The van der Waals surface area contributed by atoms with Crippen LogP contribution in [0.1, 0.15) is 52.0 Å². The number of carbonyl (C=O) groups excluding carboxylic acids is 1. The third-order valence-corrected chi connectivity index (χ3v) is 5.62. The van der Waals surface area contributed by atoms with Crippen molar-refractivity contribution in [3.63, 3.8) is 0 Å². The Morgan fingerprint density at radius 2 is 2.12 bits per heavy atom. The van der Waals surface area contributed by atoms with Crippen LogP contribution < -0.4 is 0 Å². The molecule has 2 aliphatic rings. The molecule has 1 atom stereocenters. The fraction of sp³-hybridized carbons (Fsp3) is 0.714. The molecule has 5 nitrogen and oxygen atoms in total. The highest BCUT2D eigenvalue weighted by Crippen LogP contribution is 2.40. The Hall–Kier alpha value is -1.62. The van der Waals surface area contributed by atoms with E-state index in [1.54, 1.807) is 0 Å². The van der Waals surface area contributed by atoms with E-state index in [2.05, 4.69) is 48.4 Å². The van der Waals surface area contributed by atoms with Crippen LogP contribution in [0, 0.1) is 10.8 Å². The molecule has 1 aromatic heterocycles. The van der Waals surface area contributed by atoms with Gasteiger partial charge in [-0.1, -0.05) is 26.8 Å². The van der Waals surface area contributed by atoms with Crippen LogP contribution in [0.4, 0.5) is 0 Å². The average Bonchev–Trinajstić information content (AvgIpc) is 3.14. The van der Waals surface area contributed by atoms with Gasteiger partial charge in [-0.25, -0.2) is 0 Å². The summed E-state index contributed by atoms with van der Waals surface area (Å²) in [6.45, 7) is 16.0. The van der Waals surface area contributed by atoms with E-state index in [4.69, 9.17) is 0 Å². The molecule has 26 heavy (non-hydrogen) atoms. The molecule has 2 saturated heterocycles. The number of hydrogen-bond acceptors (Lipinski definition) is 3. The van der Waals surface area contributed by atoms with Crippen molar-refractivity contribution in [3.8, 4) is 0 Å². The minimum absolute atomic E-state index is 0.0665. The van der Waals surface area contributed by atoms with Gasteiger partial charge < -0.3 is 4.90 Å². The summed E-state index contributed by atoms with van der Waals surface area (Å²) in [6, 6.07) is 0. The van der Waals surface area contributed by atoms with Crippen molar-refractivity contribution in [2.24, 2.45) is 10.8 Å². The number of hydrogen-bond donors (Lipinski definition) is 0. The predicted molar refractivity (Wildman–Crippen MR) is 105 cm³/mol. The van der Waals surface area contributed by atoms with Gasteiger partial charge in [-0.15, -0.1) is 6.58 Å². The molecule has 2 aliphatic heterocycles. The minimum atomic E-state index is 0.0665. The summed E-state index contributed by atoms with van der Waals surface area (Å²) in [5.41, 5.74) is 1.63. The second-order valence-corrected chi connectivity index (χ2v) is 9.48. The fourth-order valence-corrected chi connectivity index (χ4v) is 4.47. The Bertz CT molecular complexity index is 645. The first kappa shape index (κ1) is 19.2. The number of piperidine rings is 1. The molecule has 0 aromatic carbocycles.